The van der Waals surface area contributed by atoms with E-state index in [0.717, 1.165) is 0 Å². The van der Waals surface area contributed by atoms with Crippen LogP contribution >= 0.6 is 0 Å². The summed E-state index contributed by atoms with van der Waals surface area (Å²) in [6.07, 6.45) is 0. The van der Waals surface area contributed by atoms with Gasteiger partial charge in [-0.2, -0.15) is 0 Å². The summed E-state index contributed by atoms with van der Waals surface area (Å²) >= 11 is 0. The van der Waals surface area contributed by atoms with E-state index in [0.29, 0.717) is 33.0 Å². The van der Waals surface area contributed by atoms with Gasteiger partial charge in [0.1, 0.15) is 0 Å². The van der Waals surface area contributed by atoms with Crippen molar-refractivity contribution in [3.05, 3.63) is 0 Å². The topological polar surface area (TPSA) is 87.8 Å². The monoisotopic (exact) mass is 269 g/mol. The number of hydrogen-bond acceptors (Lipinski definition) is 5. The van der Waals surface area contributed by atoms with E-state index in [1.807, 2.05) is 0 Å². The van der Waals surface area contributed by atoms with Crippen molar-refractivity contribution in [2.75, 3.05) is 45.9 Å². The maximum absolute atomic E-state index is 10.9. The van der Waals surface area contributed by atoms with Gasteiger partial charge in [-0.05, 0) is 0 Å². The third kappa shape index (κ3) is 12.0. The average molecular weight is 269 g/mol. The van der Waals surface area contributed by atoms with E-state index >= 15 is 0 Å². The van der Waals surface area contributed by atoms with E-state index in [1.54, 1.807) is 21.0 Å². The molecule has 0 aromatic rings. The fourth-order valence-corrected chi connectivity index (χ4v) is 2.47. The number of sulfonamides is 1. The minimum absolute atomic E-state index is 0.0927. The van der Waals surface area contributed by atoms with Gasteiger partial charge in [-0.1, -0.05) is 13.8 Å². The summed E-state index contributed by atoms with van der Waals surface area (Å²) in [5.74, 6) is -0.0927. The van der Waals surface area contributed by atoms with E-state index in [9.17, 15) is 8.42 Å². The lowest BCUT2D eigenvalue weighted by Crippen LogP contribution is -2.33. The molecule has 0 bridgehead atoms. The molecule has 0 aliphatic carbocycles. The van der Waals surface area contributed by atoms with Crippen LogP contribution in [0.4, 0.5) is 0 Å². The fraction of sp³-hybridized carbons (Fsp3) is 1.00. The minimum Gasteiger partial charge on any atom is -0.382 e. The van der Waals surface area contributed by atoms with Crippen LogP contribution < -0.4 is 5.14 Å². The van der Waals surface area contributed by atoms with Crippen LogP contribution in [-0.2, 0) is 24.2 Å². The van der Waals surface area contributed by atoms with E-state index in [4.69, 9.17) is 19.3 Å². The van der Waals surface area contributed by atoms with Gasteiger partial charge >= 0.3 is 0 Å². The lowest BCUT2D eigenvalue weighted by Gasteiger charge is -2.22. The minimum atomic E-state index is -3.46. The first-order chi connectivity index (χ1) is 7.77. The molecule has 0 saturated heterocycles. The molecule has 0 radical (unpaired) electrons. The van der Waals surface area contributed by atoms with Crippen molar-refractivity contribution in [3.63, 3.8) is 0 Å². The molecule has 0 rings (SSSR count). The van der Waals surface area contributed by atoms with E-state index in [1.165, 1.54) is 0 Å². The first-order valence-corrected chi connectivity index (χ1v) is 7.13. The molecule has 6 nitrogen and oxygen atoms in total. The third-order valence-electron chi connectivity index (χ3n) is 1.89. The predicted molar refractivity (Wildman–Crippen MR) is 65.3 cm³/mol. The van der Waals surface area contributed by atoms with Crippen LogP contribution in [0.2, 0.25) is 0 Å². The van der Waals surface area contributed by atoms with Crippen molar-refractivity contribution in [1.29, 1.82) is 0 Å². The summed E-state index contributed by atoms with van der Waals surface area (Å²) in [7, 11) is -1.86. The van der Waals surface area contributed by atoms with Crippen LogP contribution in [-0.4, -0.2) is 54.3 Å². The normalized spacial score (nSPS) is 12.9. The molecule has 0 aromatic carbocycles. The summed E-state index contributed by atoms with van der Waals surface area (Å²) in [6.45, 7) is 5.90. The van der Waals surface area contributed by atoms with Gasteiger partial charge in [-0.3, -0.25) is 0 Å². The Kier molecular flexibility index (Phi) is 7.89. The number of primary sulfonamides is 1. The summed E-state index contributed by atoms with van der Waals surface area (Å²) in [5, 5.41) is 4.98. The molecule has 0 spiro atoms. The van der Waals surface area contributed by atoms with Gasteiger partial charge in [0.2, 0.25) is 10.0 Å². The second-order valence-corrected chi connectivity index (χ2v) is 6.24. The van der Waals surface area contributed by atoms with Crippen molar-refractivity contribution in [1.82, 2.24) is 0 Å². The van der Waals surface area contributed by atoms with Crippen molar-refractivity contribution in [2.45, 2.75) is 13.8 Å². The zero-order valence-electron chi connectivity index (χ0n) is 10.8. The van der Waals surface area contributed by atoms with Gasteiger partial charge in [-0.15, -0.1) is 0 Å². The van der Waals surface area contributed by atoms with Crippen LogP contribution in [0.25, 0.3) is 0 Å². The third-order valence-corrected chi connectivity index (χ3v) is 3.07. The zero-order valence-corrected chi connectivity index (χ0v) is 11.6. The Morgan fingerprint density at radius 1 is 1.06 bits per heavy atom. The van der Waals surface area contributed by atoms with Crippen LogP contribution in [0, 0.1) is 5.41 Å². The van der Waals surface area contributed by atoms with Gasteiger partial charge in [0.15, 0.2) is 0 Å². The van der Waals surface area contributed by atoms with Gasteiger partial charge < -0.3 is 14.2 Å². The Morgan fingerprint density at radius 3 is 2.12 bits per heavy atom. The van der Waals surface area contributed by atoms with E-state index in [2.05, 4.69) is 0 Å². The fourth-order valence-electron chi connectivity index (χ4n) is 1.30. The van der Waals surface area contributed by atoms with Crippen molar-refractivity contribution >= 4 is 10.0 Å². The Labute approximate surface area is 103 Å². The number of hydrogen-bond donors (Lipinski definition) is 1. The molecule has 0 aliphatic heterocycles. The molecule has 0 saturated carbocycles. The highest BCUT2D eigenvalue weighted by Gasteiger charge is 2.24. The maximum atomic E-state index is 10.9. The molecular weight excluding hydrogens is 246 g/mol. The molecular formula is C10H23NO5S. The van der Waals surface area contributed by atoms with Crippen molar-refractivity contribution in [3.8, 4) is 0 Å². The highest BCUT2D eigenvalue weighted by Crippen LogP contribution is 2.16. The molecule has 17 heavy (non-hydrogen) atoms. The van der Waals surface area contributed by atoms with Gasteiger partial charge in [0, 0.05) is 12.5 Å². The Hall–Kier alpha value is -0.210. The summed E-state index contributed by atoms with van der Waals surface area (Å²) in [6, 6.07) is 0. The molecule has 0 heterocycles. The predicted octanol–water partition coefficient (Wildman–Crippen LogP) is -0.0193. The van der Waals surface area contributed by atoms with Gasteiger partial charge in [-0.25, -0.2) is 13.6 Å². The van der Waals surface area contributed by atoms with Crippen LogP contribution in [0.1, 0.15) is 13.8 Å². The molecule has 0 aliphatic rings. The number of methoxy groups -OCH3 is 1. The highest BCUT2D eigenvalue weighted by atomic mass is 32.2. The van der Waals surface area contributed by atoms with Gasteiger partial charge in [0.25, 0.3) is 0 Å². The number of ether oxygens (including phenoxy) is 3. The summed E-state index contributed by atoms with van der Waals surface area (Å²) in [4.78, 5) is 0. The maximum Gasteiger partial charge on any atom is 0.209 e. The quantitative estimate of drug-likeness (QED) is 0.563. The van der Waals surface area contributed by atoms with Crippen molar-refractivity contribution in [2.24, 2.45) is 10.6 Å². The average Bonchev–Trinajstić information content (AvgIpc) is 2.12. The number of rotatable bonds is 10. The number of nitrogens with two attached hydrogens (primary N) is 1. The Bertz CT molecular complexity index is 289. The molecule has 2 N–H and O–H groups in total. The molecule has 0 amide bonds. The standard InChI is InChI=1S/C10H23NO5S/c1-10(2,9-17(11,12)13)8-16-7-6-15-5-4-14-3/h4-9H2,1-3H3,(H2,11,12,13). The Morgan fingerprint density at radius 2 is 1.59 bits per heavy atom. The molecule has 7 heteroatoms. The van der Waals surface area contributed by atoms with E-state index in [-0.39, 0.29) is 5.75 Å². The van der Waals surface area contributed by atoms with Crippen LogP contribution in [0.5, 0.6) is 0 Å². The van der Waals surface area contributed by atoms with Crippen LogP contribution in [0.15, 0.2) is 0 Å². The van der Waals surface area contributed by atoms with Crippen LogP contribution in [0.3, 0.4) is 0 Å². The molecule has 0 unspecified atom stereocenters. The molecule has 0 atom stereocenters. The first kappa shape index (κ1) is 16.8. The largest absolute Gasteiger partial charge is 0.382 e. The lowest BCUT2D eigenvalue weighted by molar-refractivity contribution is 0.00628. The highest BCUT2D eigenvalue weighted by molar-refractivity contribution is 7.89. The van der Waals surface area contributed by atoms with E-state index < -0.39 is 15.4 Å². The van der Waals surface area contributed by atoms with Crippen molar-refractivity contribution < 1.29 is 22.6 Å². The lowest BCUT2D eigenvalue weighted by atomic mass is 9.98. The summed E-state index contributed by atoms with van der Waals surface area (Å²) in [5.41, 5.74) is -0.486. The SMILES string of the molecule is COCCOCCOCC(C)(C)CS(N)(=O)=O. The molecule has 104 valence electrons. The Balaban J connectivity index is 3.59. The second-order valence-electron chi connectivity index (χ2n) is 4.63. The molecule has 0 fully saturated rings. The smallest absolute Gasteiger partial charge is 0.209 e. The summed E-state index contributed by atoms with van der Waals surface area (Å²) < 4.78 is 37.2. The van der Waals surface area contributed by atoms with Gasteiger partial charge in [0.05, 0.1) is 38.8 Å². The second kappa shape index (κ2) is 7.99. The first-order valence-electron chi connectivity index (χ1n) is 5.42. The molecule has 0 aromatic heterocycles. The zero-order chi connectivity index (χ0) is 13.4.